The highest BCUT2D eigenvalue weighted by molar-refractivity contribution is 5.96. The second kappa shape index (κ2) is 5.29. The Morgan fingerprint density at radius 2 is 2.00 bits per heavy atom. The van der Waals surface area contributed by atoms with Crippen LogP contribution in [0.1, 0.15) is 22.3 Å². The molecule has 0 heterocycles. The number of carbonyl (C=O) groups is 1. The van der Waals surface area contributed by atoms with Gasteiger partial charge in [-0.1, -0.05) is 11.6 Å². The van der Waals surface area contributed by atoms with Gasteiger partial charge < -0.3 is 10.0 Å². The molecule has 0 radical (unpaired) electrons. The molecule has 0 bridgehead atoms. The lowest BCUT2D eigenvalue weighted by molar-refractivity contribution is -0.136. The third-order valence-corrected chi connectivity index (χ3v) is 2.46. The predicted molar refractivity (Wildman–Crippen MR) is 60.5 cm³/mol. The third-order valence-electron chi connectivity index (χ3n) is 2.46. The molecule has 1 aromatic carbocycles. The van der Waals surface area contributed by atoms with E-state index in [0.717, 1.165) is 10.5 Å². The Labute approximate surface area is 103 Å². The number of benzene rings is 1. The highest BCUT2D eigenvalue weighted by atomic mass is 19.4. The molecule has 0 aliphatic rings. The van der Waals surface area contributed by atoms with E-state index >= 15 is 0 Å². The zero-order valence-corrected chi connectivity index (χ0v) is 10.1. The molecule has 0 saturated carbocycles. The van der Waals surface area contributed by atoms with Crippen LogP contribution in [-0.2, 0) is 0 Å². The van der Waals surface area contributed by atoms with Crippen molar-refractivity contribution in [2.45, 2.75) is 19.5 Å². The summed E-state index contributed by atoms with van der Waals surface area (Å²) in [5, 5.41) is 9.51. The summed E-state index contributed by atoms with van der Waals surface area (Å²) >= 11 is 0. The molecule has 1 N–H and O–H groups in total. The topological polar surface area (TPSA) is 40.5 Å². The predicted octanol–water partition coefficient (Wildman–Crippen LogP) is 2.73. The summed E-state index contributed by atoms with van der Waals surface area (Å²) in [5.41, 5.74) is 0.764. The van der Waals surface area contributed by atoms with Crippen molar-refractivity contribution < 1.29 is 23.1 Å². The number of halogens is 3. The lowest BCUT2D eigenvalue weighted by atomic mass is 10.1. The van der Waals surface area contributed by atoms with E-state index in [0.29, 0.717) is 0 Å². The van der Waals surface area contributed by atoms with Gasteiger partial charge in [-0.25, -0.2) is 0 Å². The maximum atomic E-state index is 12.0. The average molecular weight is 261 g/mol. The Morgan fingerprint density at radius 1 is 1.39 bits per heavy atom. The molecule has 0 spiro atoms. The highest BCUT2D eigenvalue weighted by Gasteiger charge is 2.28. The number of rotatable bonds is 3. The second-order valence-corrected chi connectivity index (χ2v) is 4.11. The molecule has 1 rings (SSSR count). The van der Waals surface area contributed by atoms with Gasteiger partial charge >= 0.3 is 6.18 Å². The zero-order valence-electron chi connectivity index (χ0n) is 10.1. The molecular weight excluding hydrogens is 247 g/mol. The van der Waals surface area contributed by atoms with Crippen molar-refractivity contribution >= 4 is 5.91 Å². The lowest BCUT2D eigenvalue weighted by Crippen LogP contribution is -2.30. The molecule has 0 fully saturated rings. The van der Waals surface area contributed by atoms with E-state index < -0.39 is 25.0 Å². The van der Waals surface area contributed by atoms with Crippen molar-refractivity contribution in [3.05, 3.63) is 29.3 Å². The molecule has 0 aliphatic heterocycles. The number of phenolic OH excluding ortho intramolecular Hbond substituents is 1. The normalized spacial score (nSPS) is 11.4. The lowest BCUT2D eigenvalue weighted by Gasteiger charge is -2.18. The maximum Gasteiger partial charge on any atom is 0.390 e. The van der Waals surface area contributed by atoms with Crippen molar-refractivity contribution in [1.29, 1.82) is 0 Å². The third kappa shape index (κ3) is 3.94. The van der Waals surface area contributed by atoms with Gasteiger partial charge in [0.05, 0.1) is 12.0 Å². The molecule has 0 atom stereocenters. The monoisotopic (exact) mass is 261 g/mol. The summed E-state index contributed by atoms with van der Waals surface area (Å²) in [6.07, 6.45) is -5.37. The summed E-state index contributed by atoms with van der Waals surface area (Å²) in [7, 11) is 1.27. The molecular formula is C12H14F3NO2. The number of aryl methyl sites for hydroxylation is 1. The summed E-state index contributed by atoms with van der Waals surface area (Å²) in [4.78, 5) is 12.8. The van der Waals surface area contributed by atoms with E-state index in [1.807, 2.05) is 0 Å². The molecule has 18 heavy (non-hydrogen) atoms. The van der Waals surface area contributed by atoms with E-state index in [-0.39, 0.29) is 11.3 Å². The molecule has 0 saturated heterocycles. The van der Waals surface area contributed by atoms with E-state index in [4.69, 9.17) is 0 Å². The second-order valence-electron chi connectivity index (χ2n) is 4.11. The van der Waals surface area contributed by atoms with Gasteiger partial charge in [0.2, 0.25) is 0 Å². The molecule has 6 heteroatoms. The SMILES string of the molecule is Cc1ccc(O)c(C(=O)N(C)CCC(F)(F)F)c1. The Kier molecular flexibility index (Phi) is 4.21. The van der Waals surface area contributed by atoms with Crippen LogP contribution in [-0.4, -0.2) is 35.7 Å². The van der Waals surface area contributed by atoms with E-state index in [2.05, 4.69) is 0 Å². The van der Waals surface area contributed by atoms with Crippen LogP contribution in [0.25, 0.3) is 0 Å². The van der Waals surface area contributed by atoms with E-state index in [1.165, 1.54) is 19.2 Å². The average Bonchev–Trinajstić information content (AvgIpc) is 2.27. The molecule has 0 aliphatic carbocycles. The standard InChI is InChI=1S/C12H14F3NO2/c1-8-3-4-10(17)9(7-8)11(18)16(2)6-5-12(13,14)15/h3-4,7,17H,5-6H2,1-2H3. The Morgan fingerprint density at radius 3 is 2.56 bits per heavy atom. The number of amides is 1. The zero-order chi connectivity index (χ0) is 13.9. The van der Waals surface area contributed by atoms with Gasteiger partial charge in [-0.2, -0.15) is 13.2 Å². The minimum absolute atomic E-state index is 0.0136. The number of phenols is 1. The fourth-order valence-corrected chi connectivity index (χ4v) is 1.42. The minimum Gasteiger partial charge on any atom is -0.507 e. The largest absolute Gasteiger partial charge is 0.507 e. The van der Waals surface area contributed by atoms with Crippen LogP contribution in [0.5, 0.6) is 5.75 Å². The Balaban J connectivity index is 2.77. The van der Waals surface area contributed by atoms with Crippen molar-refractivity contribution in [2.75, 3.05) is 13.6 Å². The molecule has 3 nitrogen and oxygen atoms in total. The first-order chi connectivity index (χ1) is 8.20. The summed E-state index contributed by atoms with van der Waals surface area (Å²) in [6.45, 7) is 1.29. The van der Waals surface area contributed by atoms with Crippen LogP contribution in [0.4, 0.5) is 13.2 Å². The van der Waals surface area contributed by atoms with Crippen LogP contribution >= 0.6 is 0 Å². The van der Waals surface area contributed by atoms with Crippen LogP contribution in [0.2, 0.25) is 0 Å². The smallest absolute Gasteiger partial charge is 0.390 e. The van der Waals surface area contributed by atoms with Crippen molar-refractivity contribution in [3.8, 4) is 5.75 Å². The van der Waals surface area contributed by atoms with Gasteiger partial charge in [-0.3, -0.25) is 4.79 Å². The van der Waals surface area contributed by atoms with E-state index in [1.54, 1.807) is 13.0 Å². The fourth-order valence-electron chi connectivity index (χ4n) is 1.42. The van der Waals surface area contributed by atoms with E-state index in [9.17, 15) is 23.1 Å². The molecule has 0 aromatic heterocycles. The van der Waals surface area contributed by atoms with Crippen LogP contribution in [0, 0.1) is 6.92 Å². The first-order valence-corrected chi connectivity index (χ1v) is 5.32. The van der Waals surface area contributed by atoms with Gasteiger partial charge in [0, 0.05) is 13.6 Å². The first-order valence-electron chi connectivity index (χ1n) is 5.32. The Bertz CT molecular complexity index is 443. The van der Waals surface area contributed by atoms with Crippen molar-refractivity contribution in [1.82, 2.24) is 4.90 Å². The molecule has 100 valence electrons. The quantitative estimate of drug-likeness (QED) is 0.908. The van der Waals surface area contributed by atoms with Gasteiger partial charge in [0.15, 0.2) is 0 Å². The summed E-state index contributed by atoms with van der Waals surface area (Å²) in [5.74, 6) is -0.857. The fraction of sp³-hybridized carbons (Fsp3) is 0.417. The summed E-state index contributed by atoms with van der Waals surface area (Å²) < 4.78 is 36.1. The molecule has 0 unspecified atom stereocenters. The van der Waals surface area contributed by atoms with Crippen molar-refractivity contribution in [2.24, 2.45) is 0 Å². The van der Waals surface area contributed by atoms with Gasteiger partial charge in [0.1, 0.15) is 5.75 Å². The number of hydrogen-bond acceptors (Lipinski definition) is 2. The van der Waals surface area contributed by atoms with Crippen molar-refractivity contribution in [3.63, 3.8) is 0 Å². The summed E-state index contributed by atoms with van der Waals surface area (Å²) in [6, 6.07) is 4.41. The van der Waals surface area contributed by atoms with Crippen LogP contribution < -0.4 is 0 Å². The maximum absolute atomic E-state index is 12.0. The number of aromatic hydroxyl groups is 1. The molecule has 1 amide bonds. The highest BCUT2D eigenvalue weighted by Crippen LogP contribution is 2.22. The number of hydrogen-bond donors (Lipinski definition) is 1. The van der Waals surface area contributed by atoms with Gasteiger partial charge in [-0.15, -0.1) is 0 Å². The Hall–Kier alpha value is -1.72. The van der Waals surface area contributed by atoms with Gasteiger partial charge in [0.25, 0.3) is 5.91 Å². The number of nitrogens with zero attached hydrogens (tertiary/aromatic N) is 1. The van der Waals surface area contributed by atoms with Crippen LogP contribution in [0.15, 0.2) is 18.2 Å². The number of carbonyl (C=O) groups excluding carboxylic acids is 1. The molecule has 1 aromatic rings. The minimum atomic E-state index is -4.30. The van der Waals surface area contributed by atoms with Crippen LogP contribution in [0.3, 0.4) is 0 Å². The first kappa shape index (κ1) is 14.3. The number of alkyl halides is 3. The van der Waals surface area contributed by atoms with Gasteiger partial charge in [-0.05, 0) is 19.1 Å².